The van der Waals surface area contributed by atoms with Gasteiger partial charge in [-0.25, -0.2) is 0 Å². The lowest BCUT2D eigenvalue weighted by Crippen LogP contribution is -2.10. The third-order valence-corrected chi connectivity index (χ3v) is 3.24. The zero-order valence-electron chi connectivity index (χ0n) is 11.2. The van der Waals surface area contributed by atoms with Crippen LogP contribution in [0.25, 0.3) is 5.57 Å². The van der Waals surface area contributed by atoms with Crippen molar-refractivity contribution in [2.75, 3.05) is 0 Å². The van der Waals surface area contributed by atoms with Crippen molar-refractivity contribution in [2.24, 2.45) is 0 Å². The lowest BCUT2D eigenvalue weighted by Gasteiger charge is -2.17. The zero-order chi connectivity index (χ0) is 12.6. The van der Waals surface area contributed by atoms with E-state index in [1.54, 1.807) is 0 Å². The highest BCUT2D eigenvalue weighted by molar-refractivity contribution is 5.83. The summed E-state index contributed by atoms with van der Waals surface area (Å²) >= 11 is 0. The van der Waals surface area contributed by atoms with Gasteiger partial charge in [-0.05, 0) is 30.5 Å². The van der Waals surface area contributed by atoms with E-state index in [1.807, 2.05) is 6.92 Å². The van der Waals surface area contributed by atoms with Gasteiger partial charge in [0.1, 0.15) is 0 Å². The second kappa shape index (κ2) is 4.03. The van der Waals surface area contributed by atoms with Crippen molar-refractivity contribution in [3.63, 3.8) is 0 Å². The average molecular weight is 224 g/mol. The summed E-state index contributed by atoms with van der Waals surface area (Å²) in [7, 11) is 0. The van der Waals surface area contributed by atoms with Crippen LogP contribution in [0.3, 0.4) is 0 Å². The molecule has 0 radical (unpaired) electrons. The lowest BCUT2D eigenvalue weighted by molar-refractivity contribution is 0.682. The number of aryl methyl sites for hydroxylation is 1. The molecule has 0 nitrogen and oxygen atoms in total. The first-order valence-electron chi connectivity index (χ1n) is 6.08. The van der Waals surface area contributed by atoms with Crippen LogP contribution in [-0.2, 0) is 5.41 Å². The summed E-state index contributed by atoms with van der Waals surface area (Å²) in [5, 5.41) is 0. The van der Waals surface area contributed by atoms with Crippen molar-refractivity contribution in [3.05, 3.63) is 65.3 Å². The van der Waals surface area contributed by atoms with E-state index >= 15 is 0 Å². The highest BCUT2D eigenvalue weighted by Crippen LogP contribution is 2.41. The molecule has 0 fully saturated rings. The molecule has 0 heterocycles. The van der Waals surface area contributed by atoms with Crippen LogP contribution >= 0.6 is 0 Å². The van der Waals surface area contributed by atoms with Gasteiger partial charge in [-0.3, -0.25) is 0 Å². The molecular weight excluding hydrogens is 204 g/mol. The SMILES string of the molecule is C=C(C)C=CC1=CC(C)(C)c2cc(C)ccc21. The Balaban J connectivity index is 2.50. The van der Waals surface area contributed by atoms with Gasteiger partial charge in [-0.15, -0.1) is 0 Å². The number of hydrogen-bond acceptors (Lipinski definition) is 0. The molecule has 0 saturated heterocycles. The molecule has 88 valence electrons. The summed E-state index contributed by atoms with van der Waals surface area (Å²) in [6, 6.07) is 6.71. The summed E-state index contributed by atoms with van der Waals surface area (Å²) in [5.41, 5.74) is 6.65. The highest BCUT2D eigenvalue weighted by atomic mass is 14.3. The predicted molar refractivity (Wildman–Crippen MR) is 76.1 cm³/mol. The molecule has 0 heteroatoms. The van der Waals surface area contributed by atoms with E-state index in [1.165, 1.54) is 22.3 Å². The topological polar surface area (TPSA) is 0 Å². The Kier molecular flexibility index (Phi) is 2.82. The van der Waals surface area contributed by atoms with Crippen LogP contribution in [0.15, 0.2) is 48.6 Å². The minimum absolute atomic E-state index is 0.135. The molecule has 0 spiro atoms. The Hall–Kier alpha value is -1.56. The molecule has 1 aliphatic rings. The summed E-state index contributed by atoms with van der Waals surface area (Å²) < 4.78 is 0. The van der Waals surface area contributed by atoms with E-state index in [4.69, 9.17) is 0 Å². The zero-order valence-corrected chi connectivity index (χ0v) is 11.2. The van der Waals surface area contributed by atoms with E-state index in [2.05, 4.69) is 63.8 Å². The molecule has 0 unspecified atom stereocenters. The Morgan fingerprint density at radius 1 is 1.29 bits per heavy atom. The van der Waals surface area contributed by atoms with Crippen LogP contribution in [0.4, 0.5) is 0 Å². The summed E-state index contributed by atoms with van der Waals surface area (Å²) in [5.74, 6) is 0. The molecule has 0 aliphatic heterocycles. The molecule has 0 saturated carbocycles. The Labute approximate surface area is 104 Å². The first-order chi connectivity index (χ1) is 7.90. The number of allylic oxidation sites excluding steroid dienone is 5. The third-order valence-electron chi connectivity index (χ3n) is 3.24. The maximum Gasteiger partial charge on any atom is 0.00907 e. The van der Waals surface area contributed by atoms with Crippen LogP contribution in [0, 0.1) is 6.92 Å². The Morgan fingerprint density at radius 3 is 2.65 bits per heavy atom. The molecule has 1 aromatic carbocycles. The van der Waals surface area contributed by atoms with Crippen molar-refractivity contribution in [1.29, 1.82) is 0 Å². The smallest absolute Gasteiger partial charge is 0.00907 e. The lowest BCUT2D eigenvalue weighted by atomic mass is 9.86. The van der Waals surface area contributed by atoms with E-state index < -0.39 is 0 Å². The second-order valence-electron chi connectivity index (χ2n) is 5.55. The van der Waals surface area contributed by atoms with E-state index in [0.29, 0.717) is 0 Å². The van der Waals surface area contributed by atoms with Gasteiger partial charge >= 0.3 is 0 Å². The van der Waals surface area contributed by atoms with Gasteiger partial charge in [-0.1, -0.05) is 68.0 Å². The van der Waals surface area contributed by atoms with Crippen molar-refractivity contribution >= 4 is 5.57 Å². The summed E-state index contributed by atoms with van der Waals surface area (Å²) in [6.45, 7) is 12.6. The molecule has 0 N–H and O–H groups in total. The molecule has 0 amide bonds. The fraction of sp³-hybridized carbons (Fsp3) is 0.294. The summed E-state index contributed by atoms with van der Waals surface area (Å²) in [4.78, 5) is 0. The molecule has 1 aromatic rings. The van der Waals surface area contributed by atoms with Gasteiger partial charge in [0.2, 0.25) is 0 Å². The van der Waals surface area contributed by atoms with Crippen molar-refractivity contribution < 1.29 is 0 Å². The van der Waals surface area contributed by atoms with Crippen LogP contribution in [0.2, 0.25) is 0 Å². The highest BCUT2D eigenvalue weighted by Gasteiger charge is 2.28. The van der Waals surface area contributed by atoms with Gasteiger partial charge in [0, 0.05) is 5.41 Å². The predicted octanol–water partition coefficient (Wildman–Crippen LogP) is 4.80. The van der Waals surface area contributed by atoms with Gasteiger partial charge in [0.05, 0.1) is 0 Å². The number of fused-ring (bicyclic) bond motifs is 1. The van der Waals surface area contributed by atoms with Crippen molar-refractivity contribution in [3.8, 4) is 0 Å². The first kappa shape index (κ1) is 11.9. The molecule has 17 heavy (non-hydrogen) atoms. The van der Waals surface area contributed by atoms with Gasteiger partial charge in [-0.2, -0.15) is 0 Å². The monoisotopic (exact) mass is 224 g/mol. The van der Waals surface area contributed by atoms with Gasteiger partial charge in [0.15, 0.2) is 0 Å². The third kappa shape index (κ3) is 2.26. The standard InChI is InChI=1S/C17H20/c1-12(2)6-8-14-11-17(4,5)16-10-13(3)7-9-15(14)16/h6-11H,1H2,2-5H3. The van der Waals surface area contributed by atoms with Crippen molar-refractivity contribution in [1.82, 2.24) is 0 Å². The van der Waals surface area contributed by atoms with E-state index in [9.17, 15) is 0 Å². The summed E-state index contributed by atoms with van der Waals surface area (Å²) in [6.07, 6.45) is 6.60. The quantitative estimate of drug-likeness (QED) is 0.633. The maximum absolute atomic E-state index is 3.91. The van der Waals surface area contributed by atoms with E-state index in [0.717, 1.165) is 5.57 Å². The van der Waals surface area contributed by atoms with E-state index in [-0.39, 0.29) is 5.41 Å². The number of benzene rings is 1. The number of rotatable bonds is 2. The second-order valence-corrected chi connectivity index (χ2v) is 5.55. The van der Waals surface area contributed by atoms with Gasteiger partial charge < -0.3 is 0 Å². The van der Waals surface area contributed by atoms with Crippen LogP contribution in [0.5, 0.6) is 0 Å². The Bertz CT molecular complexity index is 525. The first-order valence-corrected chi connectivity index (χ1v) is 6.08. The molecule has 2 rings (SSSR count). The van der Waals surface area contributed by atoms with Crippen LogP contribution < -0.4 is 0 Å². The molecule has 0 atom stereocenters. The largest absolute Gasteiger partial charge is 0.0961 e. The van der Waals surface area contributed by atoms with Crippen LogP contribution in [0.1, 0.15) is 37.5 Å². The van der Waals surface area contributed by atoms with Gasteiger partial charge in [0.25, 0.3) is 0 Å². The molecule has 0 bridgehead atoms. The fourth-order valence-corrected chi connectivity index (χ4v) is 2.36. The molecule has 1 aliphatic carbocycles. The average Bonchev–Trinajstić information content (AvgIpc) is 2.48. The fourth-order valence-electron chi connectivity index (χ4n) is 2.36. The minimum Gasteiger partial charge on any atom is -0.0961 e. The molecular formula is C17H20. The minimum atomic E-state index is 0.135. The molecule has 0 aromatic heterocycles. The Morgan fingerprint density at radius 2 is 2.00 bits per heavy atom. The number of hydrogen-bond donors (Lipinski definition) is 0. The van der Waals surface area contributed by atoms with Crippen molar-refractivity contribution in [2.45, 2.75) is 33.1 Å². The normalized spacial score (nSPS) is 17.1. The maximum atomic E-state index is 3.91. The van der Waals surface area contributed by atoms with Crippen LogP contribution in [-0.4, -0.2) is 0 Å².